The Morgan fingerprint density at radius 2 is 1.82 bits per heavy atom. The summed E-state index contributed by atoms with van der Waals surface area (Å²) in [6.07, 6.45) is 6.52. The normalized spacial score (nSPS) is 15.0. The van der Waals surface area contributed by atoms with Gasteiger partial charge in [0, 0.05) is 12.8 Å². The third-order valence-electron chi connectivity index (χ3n) is 4.29. The summed E-state index contributed by atoms with van der Waals surface area (Å²) < 4.78 is 0. The quantitative estimate of drug-likeness (QED) is 0.759. The van der Waals surface area contributed by atoms with E-state index in [4.69, 9.17) is 5.11 Å². The standard InChI is InChI=1S/C18H25NO3/c1-13(19-17(20)8-4-5-9-18(21)22)15-11-10-14-6-2-3-7-16(14)12-15/h10-13H,2-9H2,1H3,(H,19,20)(H,21,22). The number of aliphatic carboxylic acids is 1. The van der Waals surface area contributed by atoms with Gasteiger partial charge in [0.25, 0.3) is 0 Å². The zero-order chi connectivity index (χ0) is 15.9. The van der Waals surface area contributed by atoms with Gasteiger partial charge in [0.05, 0.1) is 6.04 Å². The topological polar surface area (TPSA) is 66.4 Å². The number of carboxylic acid groups (broad SMARTS) is 1. The van der Waals surface area contributed by atoms with Crippen molar-refractivity contribution in [2.24, 2.45) is 0 Å². The van der Waals surface area contributed by atoms with Crippen molar-refractivity contribution in [3.05, 3.63) is 34.9 Å². The second-order valence-corrected chi connectivity index (χ2v) is 6.13. The number of aryl methyl sites for hydroxylation is 2. The second-order valence-electron chi connectivity index (χ2n) is 6.13. The highest BCUT2D eigenvalue weighted by atomic mass is 16.4. The number of amides is 1. The minimum Gasteiger partial charge on any atom is -0.481 e. The molecule has 4 heteroatoms. The minimum atomic E-state index is -0.803. The third-order valence-corrected chi connectivity index (χ3v) is 4.29. The number of benzene rings is 1. The van der Waals surface area contributed by atoms with Gasteiger partial charge < -0.3 is 10.4 Å². The van der Waals surface area contributed by atoms with Crippen LogP contribution in [0.4, 0.5) is 0 Å². The molecule has 0 heterocycles. The maximum Gasteiger partial charge on any atom is 0.303 e. The summed E-state index contributed by atoms with van der Waals surface area (Å²) >= 11 is 0. The zero-order valence-corrected chi connectivity index (χ0v) is 13.2. The van der Waals surface area contributed by atoms with Crippen LogP contribution in [-0.2, 0) is 22.4 Å². The third kappa shape index (κ3) is 4.86. The average molecular weight is 303 g/mol. The molecule has 1 unspecified atom stereocenters. The number of carbonyl (C=O) groups excluding carboxylic acids is 1. The van der Waals surface area contributed by atoms with Crippen LogP contribution in [0.1, 0.15) is 68.2 Å². The van der Waals surface area contributed by atoms with Gasteiger partial charge in [0.2, 0.25) is 5.91 Å². The van der Waals surface area contributed by atoms with Crippen molar-refractivity contribution in [2.75, 3.05) is 0 Å². The molecule has 0 bridgehead atoms. The van der Waals surface area contributed by atoms with Crippen LogP contribution >= 0.6 is 0 Å². The maximum atomic E-state index is 11.9. The smallest absolute Gasteiger partial charge is 0.303 e. The summed E-state index contributed by atoms with van der Waals surface area (Å²) in [5.41, 5.74) is 4.02. The van der Waals surface area contributed by atoms with Crippen LogP contribution in [0.2, 0.25) is 0 Å². The Kier molecular flexibility index (Phi) is 5.99. The maximum absolute atomic E-state index is 11.9. The van der Waals surface area contributed by atoms with Gasteiger partial charge in [-0.2, -0.15) is 0 Å². The van der Waals surface area contributed by atoms with E-state index in [0.717, 1.165) is 12.0 Å². The van der Waals surface area contributed by atoms with Crippen LogP contribution in [0.25, 0.3) is 0 Å². The van der Waals surface area contributed by atoms with Crippen molar-refractivity contribution in [1.29, 1.82) is 0 Å². The molecule has 1 aromatic rings. The van der Waals surface area contributed by atoms with Crippen LogP contribution in [0.15, 0.2) is 18.2 Å². The number of unbranched alkanes of at least 4 members (excludes halogenated alkanes) is 1. The summed E-state index contributed by atoms with van der Waals surface area (Å²) in [5, 5.41) is 11.6. The van der Waals surface area contributed by atoms with E-state index < -0.39 is 5.97 Å². The number of carbonyl (C=O) groups is 2. The van der Waals surface area contributed by atoms with Gasteiger partial charge >= 0.3 is 5.97 Å². The van der Waals surface area contributed by atoms with E-state index in [1.807, 2.05) is 6.92 Å². The van der Waals surface area contributed by atoms with Gasteiger partial charge in [0.15, 0.2) is 0 Å². The Morgan fingerprint density at radius 3 is 2.55 bits per heavy atom. The van der Waals surface area contributed by atoms with Crippen LogP contribution in [0, 0.1) is 0 Å². The van der Waals surface area contributed by atoms with Crippen molar-refractivity contribution in [2.45, 2.75) is 64.3 Å². The molecule has 1 aromatic carbocycles. The zero-order valence-electron chi connectivity index (χ0n) is 13.2. The van der Waals surface area contributed by atoms with Crippen molar-refractivity contribution in [1.82, 2.24) is 5.32 Å². The number of rotatable bonds is 7. The molecule has 0 fully saturated rings. The molecule has 4 nitrogen and oxygen atoms in total. The van der Waals surface area contributed by atoms with Crippen LogP contribution in [0.5, 0.6) is 0 Å². The first-order chi connectivity index (χ1) is 10.6. The predicted molar refractivity (Wildman–Crippen MR) is 85.7 cm³/mol. The molecule has 0 aliphatic heterocycles. The molecule has 0 aromatic heterocycles. The molecule has 1 atom stereocenters. The lowest BCUT2D eigenvalue weighted by molar-refractivity contribution is -0.137. The fourth-order valence-corrected chi connectivity index (χ4v) is 2.98. The van der Waals surface area contributed by atoms with E-state index in [9.17, 15) is 9.59 Å². The van der Waals surface area contributed by atoms with Crippen molar-refractivity contribution < 1.29 is 14.7 Å². The molecule has 0 saturated heterocycles. The van der Waals surface area contributed by atoms with Gasteiger partial charge in [-0.3, -0.25) is 9.59 Å². The summed E-state index contributed by atoms with van der Waals surface area (Å²) in [4.78, 5) is 22.3. The molecule has 0 saturated carbocycles. The Labute approximate surface area is 131 Å². The Bertz CT molecular complexity index is 539. The molecule has 0 radical (unpaired) electrons. The lowest BCUT2D eigenvalue weighted by Crippen LogP contribution is -2.26. The number of hydrogen-bond acceptors (Lipinski definition) is 2. The van der Waals surface area contributed by atoms with Gasteiger partial charge in [-0.15, -0.1) is 0 Å². The van der Waals surface area contributed by atoms with Gasteiger partial charge in [-0.25, -0.2) is 0 Å². The highest BCUT2D eigenvalue weighted by molar-refractivity contribution is 5.76. The SMILES string of the molecule is CC(NC(=O)CCCCC(=O)O)c1ccc2c(c1)CCCC2. The highest BCUT2D eigenvalue weighted by Gasteiger charge is 2.14. The summed E-state index contributed by atoms with van der Waals surface area (Å²) in [7, 11) is 0. The molecule has 2 N–H and O–H groups in total. The number of nitrogens with one attached hydrogen (secondary N) is 1. The second kappa shape index (κ2) is 7.97. The van der Waals surface area contributed by atoms with Gasteiger partial charge in [0.1, 0.15) is 0 Å². The summed E-state index contributed by atoms with van der Waals surface area (Å²) in [6, 6.07) is 6.53. The van der Waals surface area contributed by atoms with E-state index in [-0.39, 0.29) is 18.4 Å². The Balaban J connectivity index is 1.82. The van der Waals surface area contributed by atoms with Crippen molar-refractivity contribution in [3.63, 3.8) is 0 Å². The lowest BCUT2D eigenvalue weighted by atomic mass is 9.89. The summed E-state index contributed by atoms with van der Waals surface area (Å²) in [5.74, 6) is -0.807. The van der Waals surface area contributed by atoms with Crippen molar-refractivity contribution >= 4 is 11.9 Å². The Hall–Kier alpha value is -1.84. The highest BCUT2D eigenvalue weighted by Crippen LogP contribution is 2.24. The molecule has 2 rings (SSSR count). The summed E-state index contributed by atoms with van der Waals surface area (Å²) in [6.45, 7) is 2.00. The first kappa shape index (κ1) is 16.5. The molecule has 1 amide bonds. The van der Waals surface area contributed by atoms with Crippen LogP contribution in [-0.4, -0.2) is 17.0 Å². The van der Waals surface area contributed by atoms with Gasteiger partial charge in [-0.1, -0.05) is 18.2 Å². The number of carboxylic acids is 1. The molecule has 22 heavy (non-hydrogen) atoms. The molecular formula is C18H25NO3. The monoisotopic (exact) mass is 303 g/mol. The van der Waals surface area contributed by atoms with E-state index in [0.29, 0.717) is 19.3 Å². The first-order valence-corrected chi connectivity index (χ1v) is 8.19. The fourth-order valence-electron chi connectivity index (χ4n) is 2.98. The van der Waals surface area contributed by atoms with Crippen LogP contribution in [0.3, 0.4) is 0 Å². The first-order valence-electron chi connectivity index (χ1n) is 8.19. The Morgan fingerprint density at radius 1 is 1.14 bits per heavy atom. The molecule has 1 aliphatic carbocycles. The predicted octanol–water partition coefficient (Wildman–Crippen LogP) is 3.39. The van der Waals surface area contributed by atoms with E-state index in [2.05, 4.69) is 23.5 Å². The molecule has 0 spiro atoms. The van der Waals surface area contributed by atoms with E-state index >= 15 is 0 Å². The average Bonchev–Trinajstić information content (AvgIpc) is 2.51. The lowest BCUT2D eigenvalue weighted by Gasteiger charge is -2.20. The minimum absolute atomic E-state index is 0.000740. The number of hydrogen-bond donors (Lipinski definition) is 2. The van der Waals surface area contributed by atoms with Gasteiger partial charge in [-0.05, 0) is 62.1 Å². The molecular weight excluding hydrogens is 278 g/mol. The van der Waals surface area contributed by atoms with E-state index in [1.165, 1.54) is 30.4 Å². The van der Waals surface area contributed by atoms with Crippen LogP contribution < -0.4 is 5.32 Å². The van der Waals surface area contributed by atoms with E-state index in [1.54, 1.807) is 0 Å². The van der Waals surface area contributed by atoms with Crippen molar-refractivity contribution in [3.8, 4) is 0 Å². The largest absolute Gasteiger partial charge is 0.481 e. The molecule has 1 aliphatic rings. The fraction of sp³-hybridized carbons (Fsp3) is 0.556. The number of fused-ring (bicyclic) bond motifs is 1. The molecule has 120 valence electrons.